The van der Waals surface area contributed by atoms with E-state index >= 15 is 0 Å². The van der Waals surface area contributed by atoms with E-state index in [4.69, 9.17) is 0 Å². The van der Waals surface area contributed by atoms with Crippen LogP contribution in [0.4, 0.5) is 18.9 Å². The lowest BCUT2D eigenvalue weighted by Gasteiger charge is -2.15. The summed E-state index contributed by atoms with van der Waals surface area (Å²) in [5, 5.41) is 15.8. The number of anilines is 1. The van der Waals surface area contributed by atoms with Gasteiger partial charge in [0.15, 0.2) is 5.78 Å². The van der Waals surface area contributed by atoms with Gasteiger partial charge in [-0.05, 0) is 63.3 Å². The number of carbonyl (C=O) groups excluding carboxylic acids is 1. The lowest BCUT2D eigenvalue weighted by Crippen LogP contribution is -2.21. The number of aryl methyl sites for hydroxylation is 2. The van der Waals surface area contributed by atoms with Gasteiger partial charge in [0.2, 0.25) is 0 Å². The summed E-state index contributed by atoms with van der Waals surface area (Å²) in [5.74, 6) is -0.410. The average Bonchev–Trinajstić information content (AvgIpc) is 3.46. The molecular formula is C27H30F3N7O. The van der Waals surface area contributed by atoms with Crippen LogP contribution >= 0.6 is 0 Å². The fraction of sp³-hybridized carbons (Fsp3) is 0.333. The predicted molar refractivity (Wildman–Crippen MR) is 140 cm³/mol. The third-order valence-electron chi connectivity index (χ3n) is 6.36. The van der Waals surface area contributed by atoms with Gasteiger partial charge in [0.25, 0.3) is 0 Å². The molecule has 2 aromatic heterocycles. The van der Waals surface area contributed by atoms with Crippen LogP contribution < -0.4 is 5.32 Å². The number of likely N-dealkylation sites (N-methyl/N-ethyl adjacent to an activating group) is 1. The van der Waals surface area contributed by atoms with Gasteiger partial charge in [0, 0.05) is 49.1 Å². The highest BCUT2D eigenvalue weighted by Gasteiger charge is 2.32. The van der Waals surface area contributed by atoms with Crippen molar-refractivity contribution in [3.05, 3.63) is 76.7 Å². The molecule has 0 unspecified atom stereocenters. The Hall–Kier alpha value is -3.99. The van der Waals surface area contributed by atoms with Crippen molar-refractivity contribution in [2.75, 3.05) is 32.5 Å². The number of nitrogens with one attached hydrogen (secondary N) is 1. The topological polar surface area (TPSA) is 80.9 Å². The maximum Gasteiger partial charge on any atom is 0.416 e. The van der Waals surface area contributed by atoms with Crippen molar-refractivity contribution in [2.45, 2.75) is 26.4 Å². The van der Waals surface area contributed by atoms with Crippen LogP contribution in [0, 0.1) is 13.8 Å². The smallest absolute Gasteiger partial charge is 0.384 e. The number of alkyl halides is 3. The van der Waals surface area contributed by atoms with Crippen LogP contribution in [0.5, 0.6) is 0 Å². The van der Waals surface area contributed by atoms with E-state index in [0.717, 1.165) is 34.6 Å². The first kappa shape index (κ1) is 27.1. The summed E-state index contributed by atoms with van der Waals surface area (Å²) >= 11 is 0. The molecule has 0 saturated heterocycles. The second-order valence-corrected chi connectivity index (χ2v) is 9.56. The van der Waals surface area contributed by atoms with Crippen LogP contribution in [0.25, 0.3) is 16.9 Å². The Balaban J connectivity index is 1.59. The summed E-state index contributed by atoms with van der Waals surface area (Å²) in [5.41, 5.74) is 4.17. The minimum atomic E-state index is -4.57. The molecule has 0 aliphatic heterocycles. The molecule has 0 fully saturated rings. The van der Waals surface area contributed by atoms with Gasteiger partial charge in [0.05, 0.1) is 23.6 Å². The minimum absolute atomic E-state index is 0.00407. The lowest BCUT2D eigenvalue weighted by atomic mass is 9.99. The van der Waals surface area contributed by atoms with Gasteiger partial charge in [-0.2, -0.15) is 18.3 Å². The number of nitrogens with zero attached hydrogens (tertiary/aromatic N) is 6. The number of Topliss-reactive ketones (excluding diaryl/α,β-unsaturated/α-hetero) is 1. The van der Waals surface area contributed by atoms with Crippen molar-refractivity contribution >= 4 is 11.5 Å². The quantitative estimate of drug-likeness (QED) is 0.319. The van der Waals surface area contributed by atoms with Crippen LogP contribution in [0.2, 0.25) is 0 Å². The van der Waals surface area contributed by atoms with Gasteiger partial charge >= 0.3 is 6.18 Å². The van der Waals surface area contributed by atoms with E-state index in [1.807, 2.05) is 52.0 Å². The van der Waals surface area contributed by atoms with Gasteiger partial charge < -0.3 is 10.2 Å². The molecular weight excluding hydrogens is 495 g/mol. The second-order valence-electron chi connectivity index (χ2n) is 9.56. The Morgan fingerprint density at radius 3 is 2.53 bits per heavy atom. The third kappa shape index (κ3) is 6.10. The molecule has 0 aliphatic carbocycles. The van der Waals surface area contributed by atoms with Crippen molar-refractivity contribution in [2.24, 2.45) is 7.05 Å². The summed E-state index contributed by atoms with van der Waals surface area (Å²) in [6, 6.07) is 8.88. The molecule has 2 aromatic carbocycles. The van der Waals surface area contributed by atoms with Crippen molar-refractivity contribution < 1.29 is 18.0 Å². The zero-order valence-electron chi connectivity index (χ0n) is 22.0. The monoisotopic (exact) mass is 525 g/mol. The number of ketones is 1. The van der Waals surface area contributed by atoms with E-state index in [-0.39, 0.29) is 17.7 Å². The zero-order valence-corrected chi connectivity index (χ0v) is 22.0. The van der Waals surface area contributed by atoms with Crippen molar-refractivity contribution in [3.8, 4) is 16.9 Å². The van der Waals surface area contributed by atoms with Crippen LogP contribution in [0.15, 0.2) is 48.8 Å². The number of hydrogen-bond acceptors (Lipinski definition) is 6. The van der Waals surface area contributed by atoms with E-state index in [0.29, 0.717) is 24.3 Å². The van der Waals surface area contributed by atoms with Crippen LogP contribution in [-0.2, 0) is 19.6 Å². The third-order valence-corrected chi connectivity index (χ3v) is 6.36. The first-order valence-electron chi connectivity index (χ1n) is 12.1. The molecule has 2 heterocycles. The highest BCUT2D eigenvalue weighted by Crippen LogP contribution is 2.32. The Bertz CT molecular complexity index is 1450. The van der Waals surface area contributed by atoms with Gasteiger partial charge in [-0.3, -0.25) is 9.48 Å². The first-order valence-corrected chi connectivity index (χ1v) is 12.1. The van der Waals surface area contributed by atoms with Crippen molar-refractivity contribution in [3.63, 3.8) is 0 Å². The SMILES string of the molecule is Cc1ccc(CC(=O)c2cc(NCCN(C)C)cc(C(F)(F)F)c2)cc1-n1cc(-c2cnn(C)c2C)nn1. The standard InChI is InChI=1S/C27H30F3N7O/c1-17-6-7-19(10-25(17)37-16-24(33-34-37)23-15-32-36(5)18(23)2)11-26(38)20-12-21(27(28,29)30)14-22(13-20)31-8-9-35(3)4/h6-7,10,12-16,31H,8-9,11H2,1-5H3. The van der Waals surface area contributed by atoms with E-state index in [9.17, 15) is 18.0 Å². The number of carbonyl (C=O) groups is 1. The molecule has 8 nitrogen and oxygen atoms in total. The lowest BCUT2D eigenvalue weighted by molar-refractivity contribution is -0.137. The van der Waals surface area contributed by atoms with Gasteiger partial charge in [0.1, 0.15) is 5.69 Å². The largest absolute Gasteiger partial charge is 0.416 e. The van der Waals surface area contributed by atoms with E-state index < -0.39 is 17.5 Å². The Kier molecular flexibility index (Phi) is 7.68. The van der Waals surface area contributed by atoms with E-state index in [1.54, 1.807) is 27.8 Å². The van der Waals surface area contributed by atoms with Gasteiger partial charge in [-0.15, -0.1) is 5.10 Å². The van der Waals surface area contributed by atoms with Crippen molar-refractivity contribution in [1.29, 1.82) is 0 Å². The first-order chi connectivity index (χ1) is 17.9. The molecule has 4 rings (SSSR count). The molecule has 0 radical (unpaired) electrons. The van der Waals surface area contributed by atoms with Gasteiger partial charge in [-0.1, -0.05) is 17.3 Å². The average molecular weight is 526 g/mol. The Labute approximate surface area is 219 Å². The molecule has 0 atom stereocenters. The van der Waals surface area contributed by atoms with E-state index in [1.165, 1.54) is 6.07 Å². The summed E-state index contributed by atoms with van der Waals surface area (Å²) in [6.45, 7) is 4.93. The Morgan fingerprint density at radius 2 is 1.87 bits per heavy atom. The van der Waals surface area contributed by atoms with Gasteiger partial charge in [-0.25, -0.2) is 4.68 Å². The highest BCUT2D eigenvalue weighted by molar-refractivity contribution is 5.98. The minimum Gasteiger partial charge on any atom is -0.384 e. The van der Waals surface area contributed by atoms with Crippen LogP contribution in [0.3, 0.4) is 0 Å². The summed E-state index contributed by atoms with van der Waals surface area (Å²) in [7, 11) is 5.60. The van der Waals surface area contributed by atoms with Crippen LogP contribution in [-0.4, -0.2) is 62.6 Å². The van der Waals surface area contributed by atoms with E-state index in [2.05, 4.69) is 20.7 Å². The fourth-order valence-electron chi connectivity index (χ4n) is 4.03. The van der Waals surface area contributed by atoms with Crippen LogP contribution in [0.1, 0.15) is 32.7 Å². The molecule has 4 aromatic rings. The molecule has 200 valence electrons. The number of halogens is 3. The summed E-state index contributed by atoms with van der Waals surface area (Å²) in [6.07, 6.45) is -1.11. The number of hydrogen-bond donors (Lipinski definition) is 1. The molecule has 0 saturated carbocycles. The molecule has 0 bridgehead atoms. The Morgan fingerprint density at radius 1 is 1.11 bits per heavy atom. The maximum absolute atomic E-state index is 13.6. The second kappa shape index (κ2) is 10.8. The fourth-order valence-corrected chi connectivity index (χ4v) is 4.03. The number of aromatic nitrogens is 5. The molecule has 0 amide bonds. The highest BCUT2D eigenvalue weighted by atomic mass is 19.4. The number of benzene rings is 2. The maximum atomic E-state index is 13.6. The van der Waals surface area contributed by atoms with Crippen molar-refractivity contribution in [1.82, 2.24) is 29.7 Å². The molecule has 1 N–H and O–H groups in total. The summed E-state index contributed by atoms with van der Waals surface area (Å²) in [4.78, 5) is 15.1. The zero-order chi connectivity index (χ0) is 27.6. The molecule has 0 spiro atoms. The molecule has 38 heavy (non-hydrogen) atoms. The predicted octanol–water partition coefficient (Wildman–Crippen LogP) is 4.70. The molecule has 0 aliphatic rings. The normalized spacial score (nSPS) is 11.8. The summed E-state index contributed by atoms with van der Waals surface area (Å²) < 4.78 is 44.0. The molecule has 11 heteroatoms. The number of rotatable bonds is 9.